The van der Waals surface area contributed by atoms with Crippen molar-refractivity contribution in [2.45, 2.75) is 77.9 Å². The Kier molecular flexibility index (Phi) is 5.96. The van der Waals surface area contributed by atoms with Crippen LogP contribution in [0.25, 0.3) is 0 Å². The van der Waals surface area contributed by atoms with E-state index in [0.29, 0.717) is 34.1 Å². The highest BCUT2D eigenvalue weighted by molar-refractivity contribution is 6.03. The van der Waals surface area contributed by atoms with Gasteiger partial charge in [0.25, 0.3) is 5.91 Å². The Bertz CT molecular complexity index is 889. The maximum Gasteiger partial charge on any atom is 0.321 e. The van der Waals surface area contributed by atoms with Crippen molar-refractivity contribution in [1.82, 2.24) is 15.5 Å². The lowest BCUT2D eigenvalue weighted by atomic mass is 9.95. The number of nitrogens with zero attached hydrogens (tertiary/aromatic N) is 3. The van der Waals surface area contributed by atoms with E-state index in [1.807, 2.05) is 33.0 Å². The zero-order valence-electron chi connectivity index (χ0n) is 19.4. The number of ether oxygens (including phenoxy) is 1. The second kappa shape index (κ2) is 8.39. The van der Waals surface area contributed by atoms with Crippen LogP contribution in [0.15, 0.2) is 15.9 Å². The third kappa shape index (κ3) is 3.91. The number of quaternary nitrogens is 1. The fraction of sp³-hybridized carbons (Fsp3) is 0.696. The highest BCUT2D eigenvalue weighted by atomic mass is 16.5. The molecule has 1 saturated carbocycles. The molecule has 1 aromatic rings. The van der Waals surface area contributed by atoms with Gasteiger partial charge in [0.05, 0.1) is 26.7 Å². The molecule has 4 rings (SSSR count). The Hall–Kier alpha value is -2.19. The molecular weight excluding hydrogens is 396 g/mol. The molecule has 2 amide bonds. The largest absolute Gasteiger partial charge is 0.370 e. The summed E-state index contributed by atoms with van der Waals surface area (Å²) in [6, 6.07) is 0.201. The van der Waals surface area contributed by atoms with Crippen LogP contribution < -0.4 is 5.32 Å². The molecule has 3 aliphatic rings. The zero-order chi connectivity index (χ0) is 22.3. The minimum absolute atomic E-state index is 0.117. The van der Waals surface area contributed by atoms with Crippen molar-refractivity contribution in [3.8, 4) is 0 Å². The average molecular weight is 432 g/mol. The Morgan fingerprint density at radius 3 is 2.48 bits per heavy atom. The predicted octanol–water partition coefficient (Wildman–Crippen LogP) is 3.60. The van der Waals surface area contributed by atoms with Gasteiger partial charge in [0.2, 0.25) is 0 Å². The number of allylic oxidation sites excluding steroid dienone is 1. The summed E-state index contributed by atoms with van der Waals surface area (Å²) in [5, 5.41) is 8.80. The number of carbonyl (C=O) groups is 2. The molecule has 0 spiro atoms. The van der Waals surface area contributed by atoms with Crippen molar-refractivity contribution in [1.29, 1.82) is 0 Å². The van der Waals surface area contributed by atoms with Gasteiger partial charge in [-0.05, 0) is 38.5 Å². The minimum atomic E-state index is -0.412. The summed E-state index contributed by atoms with van der Waals surface area (Å²) >= 11 is 0. The van der Waals surface area contributed by atoms with Gasteiger partial charge in [0.1, 0.15) is 6.10 Å². The number of carbonyl (C=O) groups excluding carboxylic acids is 2. The van der Waals surface area contributed by atoms with Crippen molar-refractivity contribution in [2.75, 3.05) is 20.7 Å². The lowest BCUT2D eigenvalue weighted by molar-refractivity contribution is -0.957. The van der Waals surface area contributed by atoms with Crippen LogP contribution in [0.2, 0.25) is 0 Å². The number of amides is 2. The summed E-state index contributed by atoms with van der Waals surface area (Å²) < 4.78 is 11.7. The molecule has 0 bridgehead atoms. The average Bonchev–Trinajstić information content (AvgIpc) is 3.20. The van der Waals surface area contributed by atoms with Crippen LogP contribution in [0.1, 0.15) is 86.7 Å². The number of hydrogen-bond donors (Lipinski definition) is 1. The van der Waals surface area contributed by atoms with E-state index in [4.69, 9.17) is 9.26 Å². The Balaban J connectivity index is 1.52. The standard InChI is InChI=1S/C23H34N4O4/c1-14-11-12-18(30-13-14)21-15(2)19(25-31-21)22(28)24-20-16(3)27(4,5)26(23(20)29)17-9-7-6-8-10-17/h14,17-18H,6-13H2,1-5H3/p+1/t14-,18-/m1/s1. The van der Waals surface area contributed by atoms with Crippen LogP contribution in [-0.4, -0.2) is 53.3 Å². The zero-order valence-corrected chi connectivity index (χ0v) is 19.4. The minimum Gasteiger partial charge on any atom is -0.370 e. The van der Waals surface area contributed by atoms with Gasteiger partial charge in [0, 0.05) is 12.5 Å². The normalized spacial score (nSPS) is 27.1. The highest BCUT2D eigenvalue weighted by Gasteiger charge is 2.49. The molecule has 8 nitrogen and oxygen atoms in total. The van der Waals surface area contributed by atoms with Gasteiger partial charge in [-0.15, -0.1) is 0 Å². The van der Waals surface area contributed by atoms with Gasteiger partial charge in [-0.25, -0.2) is 0 Å². The molecule has 8 heteroatoms. The number of nitrogens with one attached hydrogen (secondary N) is 1. The van der Waals surface area contributed by atoms with E-state index >= 15 is 0 Å². The van der Waals surface area contributed by atoms with Crippen molar-refractivity contribution >= 4 is 11.8 Å². The Morgan fingerprint density at radius 1 is 1.13 bits per heavy atom. The fourth-order valence-corrected chi connectivity index (χ4v) is 5.10. The monoisotopic (exact) mass is 431 g/mol. The predicted molar refractivity (Wildman–Crippen MR) is 114 cm³/mol. The fourth-order valence-electron chi connectivity index (χ4n) is 5.10. The first-order valence-corrected chi connectivity index (χ1v) is 11.5. The summed E-state index contributed by atoms with van der Waals surface area (Å²) in [4.78, 5) is 26.4. The van der Waals surface area contributed by atoms with E-state index in [1.54, 1.807) is 0 Å². The second-order valence-electron chi connectivity index (χ2n) is 9.78. The number of hydrogen-bond acceptors (Lipinski definition) is 5. The summed E-state index contributed by atoms with van der Waals surface area (Å²) in [6.07, 6.45) is 7.24. The molecule has 2 aliphatic heterocycles. The Labute approximate surface area is 184 Å². The SMILES string of the molecule is CC1=C(NC(=O)c2noc([C@H]3CC[C@@H](C)CO3)c2C)C(=O)N(C2CCCCC2)[N+]1(C)C. The first-order valence-electron chi connectivity index (χ1n) is 11.5. The molecule has 1 aromatic heterocycles. The van der Waals surface area contributed by atoms with Crippen molar-refractivity contribution < 1.29 is 23.4 Å². The van der Waals surface area contributed by atoms with E-state index in [9.17, 15) is 9.59 Å². The van der Waals surface area contributed by atoms with Gasteiger partial charge in [0.15, 0.2) is 22.8 Å². The van der Waals surface area contributed by atoms with Crippen molar-refractivity contribution in [2.24, 2.45) is 5.92 Å². The summed E-state index contributed by atoms with van der Waals surface area (Å²) in [7, 11) is 4.00. The molecular formula is C23H35N4O4+. The van der Waals surface area contributed by atoms with Gasteiger partial charge >= 0.3 is 5.91 Å². The van der Waals surface area contributed by atoms with E-state index in [0.717, 1.165) is 44.2 Å². The molecule has 0 unspecified atom stereocenters. The molecule has 0 radical (unpaired) electrons. The molecule has 31 heavy (non-hydrogen) atoms. The first kappa shape index (κ1) is 22.0. The van der Waals surface area contributed by atoms with Crippen LogP contribution in [0.3, 0.4) is 0 Å². The highest BCUT2D eigenvalue weighted by Crippen LogP contribution is 2.36. The summed E-state index contributed by atoms with van der Waals surface area (Å²) in [6.45, 7) is 6.58. The van der Waals surface area contributed by atoms with E-state index < -0.39 is 5.91 Å². The molecule has 2 atom stereocenters. The molecule has 1 aliphatic carbocycles. The lowest BCUT2D eigenvalue weighted by Crippen LogP contribution is -2.56. The third-order valence-electron chi connectivity index (χ3n) is 7.27. The van der Waals surface area contributed by atoms with Crippen molar-refractivity contribution in [3.05, 3.63) is 28.4 Å². The molecule has 170 valence electrons. The Morgan fingerprint density at radius 2 is 1.84 bits per heavy atom. The molecule has 2 fully saturated rings. The van der Waals surface area contributed by atoms with Gasteiger partial charge in [-0.1, -0.05) is 31.3 Å². The topological polar surface area (TPSA) is 84.7 Å². The van der Waals surface area contributed by atoms with Crippen LogP contribution in [0, 0.1) is 12.8 Å². The van der Waals surface area contributed by atoms with E-state index in [1.165, 1.54) is 6.42 Å². The summed E-state index contributed by atoms with van der Waals surface area (Å²) in [5.74, 6) is 0.609. The maximum atomic E-state index is 13.3. The summed E-state index contributed by atoms with van der Waals surface area (Å²) in [5.41, 5.74) is 2.08. The number of rotatable bonds is 4. The first-order chi connectivity index (χ1) is 14.7. The number of aromatic nitrogens is 1. The molecule has 1 N–H and O–H groups in total. The lowest BCUT2D eigenvalue weighted by Gasteiger charge is -2.40. The van der Waals surface area contributed by atoms with Gasteiger partial charge in [-0.2, -0.15) is 9.60 Å². The maximum absolute atomic E-state index is 13.3. The van der Waals surface area contributed by atoms with Gasteiger partial charge in [-0.3, -0.25) is 9.59 Å². The smallest absolute Gasteiger partial charge is 0.321 e. The van der Waals surface area contributed by atoms with Crippen molar-refractivity contribution in [3.63, 3.8) is 0 Å². The van der Waals surface area contributed by atoms with E-state index in [-0.39, 0.29) is 23.7 Å². The van der Waals surface area contributed by atoms with Gasteiger partial charge < -0.3 is 14.6 Å². The van der Waals surface area contributed by atoms with Crippen LogP contribution in [-0.2, 0) is 9.53 Å². The van der Waals surface area contributed by atoms with Crippen LogP contribution in [0.5, 0.6) is 0 Å². The third-order valence-corrected chi connectivity index (χ3v) is 7.27. The quantitative estimate of drug-likeness (QED) is 0.737. The molecule has 0 aromatic carbocycles. The van der Waals surface area contributed by atoms with Crippen LogP contribution >= 0.6 is 0 Å². The molecule has 1 saturated heterocycles. The van der Waals surface area contributed by atoms with E-state index in [2.05, 4.69) is 17.4 Å². The van der Waals surface area contributed by atoms with Crippen LogP contribution in [0.4, 0.5) is 0 Å². The second-order valence-corrected chi connectivity index (χ2v) is 9.78. The molecule has 3 heterocycles.